The third-order valence-electron chi connectivity index (χ3n) is 2.92. The Balaban J connectivity index is 1.86. The van der Waals surface area contributed by atoms with Crippen molar-refractivity contribution in [1.82, 2.24) is 9.36 Å². The summed E-state index contributed by atoms with van der Waals surface area (Å²) in [4.78, 5) is 4.33. The summed E-state index contributed by atoms with van der Waals surface area (Å²) in [6.45, 7) is 2.09. The molecule has 0 saturated heterocycles. The van der Waals surface area contributed by atoms with E-state index in [4.69, 9.17) is 4.74 Å². The number of ether oxygens (including phenoxy) is 1. The normalized spacial score (nSPS) is 10.8. The summed E-state index contributed by atoms with van der Waals surface area (Å²) in [6, 6.07) is 11.0. The maximum Gasteiger partial charge on any atom is 0.298 e. The molecule has 0 aliphatic rings. The van der Waals surface area contributed by atoms with Crippen molar-refractivity contribution < 1.29 is 9.84 Å². The van der Waals surface area contributed by atoms with E-state index in [0.29, 0.717) is 10.9 Å². The van der Waals surface area contributed by atoms with Gasteiger partial charge in [-0.15, -0.1) is 0 Å². The van der Waals surface area contributed by atoms with Crippen LogP contribution in [-0.4, -0.2) is 14.5 Å². The van der Waals surface area contributed by atoms with Crippen molar-refractivity contribution in [3.8, 4) is 16.7 Å². The van der Waals surface area contributed by atoms with Crippen molar-refractivity contribution in [2.24, 2.45) is 0 Å². The SMILES string of the molecule is CCCc1nsc(Oc2ccc3ccc(O)cc3c2)n1. The molecule has 0 radical (unpaired) electrons. The molecule has 0 amide bonds. The molecule has 102 valence electrons. The highest BCUT2D eigenvalue weighted by molar-refractivity contribution is 7.07. The Kier molecular flexibility index (Phi) is 3.52. The number of aryl methyl sites for hydroxylation is 1. The Morgan fingerprint density at radius 1 is 1.15 bits per heavy atom. The van der Waals surface area contributed by atoms with Crippen LogP contribution in [0.25, 0.3) is 10.8 Å². The molecule has 0 saturated carbocycles. The van der Waals surface area contributed by atoms with Gasteiger partial charge in [-0.25, -0.2) is 0 Å². The molecule has 0 fully saturated rings. The van der Waals surface area contributed by atoms with Gasteiger partial charge in [-0.2, -0.15) is 9.36 Å². The van der Waals surface area contributed by atoms with E-state index < -0.39 is 0 Å². The lowest BCUT2D eigenvalue weighted by Crippen LogP contribution is -1.87. The monoisotopic (exact) mass is 286 g/mol. The van der Waals surface area contributed by atoms with Crippen LogP contribution in [0.4, 0.5) is 0 Å². The highest BCUT2D eigenvalue weighted by Crippen LogP contribution is 2.28. The minimum absolute atomic E-state index is 0.246. The van der Waals surface area contributed by atoms with Crippen molar-refractivity contribution in [2.75, 3.05) is 0 Å². The van der Waals surface area contributed by atoms with Gasteiger partial charge < -0.3 is 9.84 Å². The Hall–Kier alpha value is -2.14. The molecule has 1 aromatic heterocycles. The average molecular weight is 286 g/mol. The van der Waals surface area contributed by atoms with E-state index in [9.17, 15) is 5.11 Å². The summed E-state index contributed by atoms with van der Waals surface area (Å²) in [6.07, 6.45) is 1.89. The number of fused-ring (bicyclic) bond motifs is 1. The zero-order valence-corrected chi connectivity index (χ0v) is 11.9. The maximum atomic E-state index is 9.51. The first kappa shape index (κ1) is 12.9. The molecular formula is C15H14N2O2S. The molecule has 5 heteroatoms. The molecular weight excluding hydrogens is 272 g/mol. The predicted octanol–water partition coefficient (Wildman–Crippen LogP) is 4.14. The van der Waals surface area contributed by atoms with Crippen LogP contribution < -0.4 is 4.74 Å². The molecule has 1 N–H and O–H groups in total. The van der Waals surface area contributed by atoms with E-state index in [-0.39, 0.29) is 5.75 Å². The number of aromatic hydroxyl groups is 1. The molecule has 0 unspecified atom stereocenters. The number of rotatable bonds is 4. The van der Waals surface area contributed by atoms with Crippen molar-refractivity contribution in [2.45, 2.75) is 19.8 Å². The van der Waals surface area contributed by atoms with Crippen molar-refractivity contribution in [3.05, 3.63) is 42.2 Å². The van der Waals surface area contributed by atoms with Gasteiger partial charge in [-0.1, -0.05) is 19.1 Å². The van der Waals surface area contributed by atoms with Gasteiger partial charge in [0.25, 0.3) is 5.19 Å². The highest BCUT2D eigenvalue weighted by atomic mass is 32.1. The molecule has 0 aliphatic heterocycles. The van der Waals surface area contributed by atoms with E-state index in [1.165, 1.54) is 11.5 Å². The van der Waals surface area contributed by atoms with Crippen LogP contribution in [0.5, 0.6) is 16.7 Å². The summed E-state index contributed by atoms with van der Waals surface area (Å²) < 4.78 is 9.96. The van der Waals surface area contributed by atoms with Crippen LogP contribution in [0.1, 0.15) is 19.2 Å². The smallest absolute Gasteiger partial charge is 0.298 e. The lowest BCUT2D eigenvalue weighted by atomic mass is 10.1. The van der Waals surface area contributed by atoms with Gasteiger partial charge in [0.2, 0.25) is 0 Å². The maximum absolute atomic E-state index is 9.51. The first-order valence-electron chi connectivity index (χ1n) is 6.48. The fraction of sp³-hybridized carbons (Fsp3) is 0.200. The van der Waals surface area contributed by atoms with Gasteiger partial charge in [0.05, 0.1) is 0 Å². The second-order valence-electron chi connectivity index (χ2n) is 4.52. The molecule has 4 nitrogen and oxygen atoms in total. The molecule has 20 heavy (non-hydrogen) atoms. The Bertz CT molecular complexity index is 740. The number of benzene rings is 2. The molecule has 3 rings (SSSR count). The number of hydrogen-bond acceptors (Lipinski definition) is 5. The lowest BCUT2D eigenvalue weighted by Gasteiger charge is -2.03. The summed E-state index contributed by atoms with van der Waals surface area (Å²) in [5.41, 5.74) is 0. The third-order valence-corrected chi connectivity index (χ3v) is 3.56. The van der Waals surface area contributed by atoms with Crippen LogP contribution >= 0.6 is 11.5 Å². The fourth-order valence-corrected chi connectivity index (χ4v) is 2.58. The predicted molar refractivity (Wildman–Crippen MR) is 79.6 cm³/mol. The van der Waals surface area contributed by atoms with Gasteiger partial charge in [0.1, 0.15) is 17.3 Å². The van der Waals surface area contributed by atoms with E-state index >= 15 is 0 Å². The summed E-state index contributed by atoms with van der Waals surface area (Å²) >= 11 is 1.26. The fourth-order valence-electron chi connectivity index (χ4n) is 1.98. The molecule has 1 heterocycles. The van der Waals surface area contributed by atoms with E-state index in [1.54, 1.807) is 12.1 Å². The summed E-state index contributed by atoms with van der Waals surface area (Å²) in [7, 11) is 0. The van der Waals surface area contributed by atoms with Gasteiger partial charge >= 0.3 is 0 Å². The van der Waals surface area contributed by atoms with Crippen molar-refractivity contribution >= 4 is 22.3 Å². The van der Waals surface area contributed by atoms with Crippen LogP contribution in [0.3, 0.4) is 0 Å². The van der Waals surface area contributed by atoms with Crippen LogP contribution in [0.2, 0.25) is 0 Å². The highest BCUT2D eigenvalue weighted by Gasteiger charge is 2.06. The largest absolute Gasteiger partial charge is 0.508 e. The number of hydrogen-bond donors (Lipinski definition) is 1. The second kappa shape index (κ2) is 5.46. The topological polar surface area (TPSA) is 55.2 Å². The van der Waals surface area contributed by atoms with Crippen molar-refractivity contribution in [1.29, 1.82) is 0 Å². The van der Waals surface area contributed by atoms with Crippen LogP contribution in [0.15, 0.2) is 36.4 Å². The van der Waals surface area contributed by atoms with Crippen LogP contribution in [0, 0.1) is 0 Å². The van der Waals surface area contributed by atoms with Gasteiger partial charge in [-0.05, 0) is 41.5 Å². The second-order valence-corrected chi connectivity index (χ2v) is 5.24. The molecule has 0 bridgehead atoms. The Morgan fingerprint density at radius 3 is 2.85 bits per heavy atom. The first-order chi connectivity index (χ1) is 9.74. The van der Waals surface area contributed by atoms with Crippen LogP contribution in [-0.2, 0) is 6.42 Å². The minimum atomic E-state index is 0.246. The molecule has 0 aliphatic carbocycles. The number of phenols is 1. The molecule has 0 spiro atoms. The third kappa shape index (κ3) is 2.72. The molecule has 3 aromatic rings. The number of aromatic nitrogens is 2. The van der Waals surface area contributed by atoms with Gasteiger partial charge in [0.15, 0.2) is 0 Å². The van der Waals surface area contributed by atoms with E-state index in [2.05, 4.69) is 16.3 Å². The first-order valence-corrected chi connectivity index (χ1v) is 7.25. The number of nitrogens with zero attached hydrogens (tertiary/aromatic N) is 2. The standard InChI is InChI=1S/C15H14N2O2S/c1-2-3-14-16-15(20-17-14)19-13-7-5-10-4-6-12(18)8-11(10)9-13/h4-9,18H,2-3H2,1H3. The minimum Gasteiger partial charge on any atom is -0.508 e. The van der Waals surface area contributed by atoms with E-state index in [1.807, 2.05) is 24.3 Å². The van der Waals surface area contributed by atoms with Crippen molar-refractivity contribution in [3.63, 3.8) is 0 Å². The molecule has 2 aromatic carbocycles. The Labute approximate surface area is 120 Å². The zero-order chi connectivity index (χ0) is 13.9. The number of phenolic OH excluding ortho intramolecular Hbond substituents is 1. The quantitative estimate of drug-likeness (QED) is 0.783. The zero-order valence-electron chi connectivity index (χ0n) is 11.0. The lowest BCUT2D eigenvalue weighted by molar-refractivity contribution is 0.475. The van der Waals surface area contributed by atoms with E-state index in [0.717, 1.165) is 29.4 Å². The summed E-state index contributed by atoms with van der Waals surface area (Å²) in [5.74, 6) is 1.77. The average Bonchev–Trinajstić information content (AvgIpc) is 2.86. The molecule has 0 atom stereocenters. The van der Waals surface area contributed by atoms with Gasteiger partial charge in [0, 0.05) is 18.0 Å². The Morgan fingerprint density at radius 2 is 2.00 bits per heavy atom. The van der Waals surface area contributed by atoms with Gasteiger partial charge in [-0.3, -0.25) is 0 Å². The summed E-state index contributed by atoms with van der Waals surface area (Å²) in [5, 5.41) is 12.0.